The molecule has 4 rings (SSSR count). The van der Waals surface area contributed by atoms with E-state index in [0.717, 1.165) is 16.7 Å². The molecule has 1 aliphatic heterocycles. The molecule has 3 aromatic carbocycles. The number of guanidine groups is 1. The van der Waals surface area contributed by atoms with Gasteiger partial charge in [0, 0.05) is 16.6 Å². The van der Waals surface area contributed by atoms with Crippen LogP contribution in [0.5, 0.6) is 0 Å². The molecule has 0 radical (unpaired) electrons. The maximum atomic E-state index is 13.4. The Morgan fingerprint density at radius 1 is 0.893 bits per heavy atom. The summed E-state index contributed by atoms with van der Waals surface area (Å²) in [7, 11) is 0. The van der Waals surface area contributed by atoms with Crippen molar-refractivity contribution in [2.75, 3.05) is 0 Å². The fourth-order valence-corrected chi connectivity index (χ4v) is 3.52. The highest BCUT2D eigenvalue weighted by Gasteiger charge is 2.31. The van der Waals surface area contributed by atoms with Gasteiger partial charge in [0.05, 0.1) is 6.04 Å². The number of nitrogens with one attached hydrogen (secondary N) is 2. The van der Waals surface area contributed by atoms with Crippen LogP contribution in [0.25, 0.3) is 0 Å². The quantitative estimate of drug-likeness (QED) is 0.578. The molecule has 0 aromatic heterocycles. The van der Waals surface area contributed by atoms with Gasteiger partial charge in [-0.3, -0.25) is 0 Å². The van der Waals surface area contributed by atoms with Crippen LogP contribution in [0.4, 0.5) is 4.39 Å². The molecular formula is C22H18Cl2FN3. The van der Waals surface area contributed by atoms with Gasteiger partial charge < -0.3 is 10.6 Å². The molecule has 2 N–H and O–H groups in total. The first-order chi connectivity index (χ1) is 13.6. The molecule has 0 unspecified atom stereocenters. The van der Waals surface area contributed by atoms with Crippen molar-refractivity contribution >= 4 is 29.2 Å². The molecule has 3 nitrogen and oxygen atoms in total. The Morgan fingerprint density at radius 3 is 2.18 bits per heavy atom. The maximum absolute atomic E-state index is 13.4. The second-order valence-electron chi connectivity index (χ2n) is 6.63. The van der Waals surface area contributed by atoms with Crippen molar-refractivity contribution in [3.63, 3.8) is 0 Å². The fourth-order valence-electron chi connectivity index (χ4n) is 3.27. The minimum absolute atomic E-state index is 0.0477. The molecule has 0 fully saturated rings. The zero-order valence-electron chi connectivity index (χ0n) is 14.9. The Morgan fingerprint density at radius 2 is 1.54 bits per heavy atom. The second kappa shape index (κ2) is 8.21. The first kappa shape index (κ1) is 18.8. The van der Waals surface area contributed by atoms with Crippen molar-refractivity contribution in [2.24, 2.45) is 4.99 Å². The summed E-state index contributed by atoms with van der Waals surface area (Å²) < 4.78 is 13.4. The summed E-state index contributed by atoms with van der Waals surface area (Å²) in [6.07, 6.45) is 0. The number of hydrogen-bond acceptors (Lipinski definition) is 3. The van der Waals surface area contributed by atoms with Gasteiger partial charge in [0.15, 0.2) is 5.96 Å². The summed E-state index contributed by atoms with van der Waals surface area (Å²) in [6.45, 7) is 0.476. The van der Waals surface area contributed by atoms with E-state index in [9.17, 15) is 4.39 Å². The SMILES string of the molecule is Fc1cccc(CNC2=N[C@@H](c3ccc(Cl)cc3)[C@@H](c3ccc(Cl)cc3)N2)c1. The zero-order chi connectivity index (χ0) is 19.5. The van der Waals surface area contributed by atoms with E-state index in [-0.39, 0.29) is 17.9 Å². The van der Waals surface area contributed by atoms with Crippen LogP contribution >= 0.6 is 23.2 Å². The fraction of sp³-hybridized carbons (Fsp3) is 0.136. The van der Waals surface area contributed by atoms with Gasteiger partial charge >= 0.3 is 0 Å². The Kier molecular flexibility index (Phi) is 5.51. The average molecular weight is 414 g/mol. The Hall–Kier alpha value is -2.56. The smallest absolute Gasteiger partial charge is 0.192 e. The summed E-state index contributed by atoms with van der Waals surface area (Å²) in [4.78, 5) is 4.83. The van der Waals surface area contributed by atoms with Crippen LogP contribution in [0.1, 0.15) is 28.8 Å². The lowest BCUT2D eigenvalue weighted by atomic mass is 9.95. The third kappa shape index (κ3) is 4.29. The molecule has 142 valence electrons. The summed E-state index contributed by atoms with van der Waals surface area (Å²) in [5.41, 5.74) is 2.98. The van der Waals surface area contributed by atoms with Gasteiger partial charge in [0.2, 0.25) is 0 Å². The number of halogens is 3. The second-order valence-corrected chi connectivity index (χ2v) is 7.50. The monoisotopic (exact) mass is 413 g/mol. The van der Waals surface area contributed by atoms with Crippen molar-refractivity contribution in [2.45, 2.75) is 18.6 Å². The first-order valence-corrected chi connectivity index (χ1v) is 9.68. The van der Waals surface area contributed by atoms with Crippen LogP contribution < -0.4 is 10.6 Å². The van der Waals surface area contributed by atoms with Crippen LogP contribution in [0, 0.1) is 5.82 Å². The molecule has 6 heteroatoms. The van der Waals surface area contributed by atoms with Crippen molar-refractivity contribution < 1.29 is 4.39 Å². The Balaban J connectivity index is 1.58. The molecule has 1 aliphatic rings. The lowest BCUT2D eigenvalue weighted by Gasteiger charge is -2.20. The summed E-state index contributed by atoms with van der Waals surface area (Å²) in [5.74, 6) is 0.419. The van der Waals surface area contributed by atoms with E-state index < -0.39 is 0 Å². The van der Waals surface area contributed by atoms with Gasteiger partial charge in [-0.2, -0.15) is 0 Å². The molecule has 28 heavy (non-hydrogen) atoms. The molecule has 0 saturated heterocycles. The highest BCUT2D eigenvalue weighted by atomic mass is 35.5. The molecular weight excluding hydrogens is 396 g/mol. The largest absolute Gasteiger partial charge is 0.352 e. The number of aliphatic imine (C=N–C) groups is 1. The van der Waals surface area contributed by atoms with Crippen LogP contribution in [-0.4, -0.2) is 5.96 Å². The molecule has 3 aromatic rings. The van der Waals surface area contributed by atoms with Gasteiger partial charge in [-0.05, 0) is 53.1 Å². The standard InChI is InChI=1S/C22H18Cl2FN3/c23-17-8-4-15(5-9-17)20-21(16-6-10-18(24)11-7-16)28-22(27-20)26-13-14-2-1-3-19(25)12-14/h1-12,20-21H,13H2,(H2,26,27,28)/t20-,21+. The molecule has 0 spiro atoms. The third-order valence-electron chi connectivity index (χ3n) is 4.67. The summed E-state index contributed by atoms with van der Waals surface area (Å²) in [5, 5.41) is 8.09. The maximum Gasteiger partial charge on any atom is 0.192 e. The molecule has 1 heterocycles. The first-order valence-electron chi connectivity index (χ1n) is 8.92. The van der Waals surface area contributed by atoms with E-state index in [2.05, 4.69) is 10.6 Å². The van der Waals surface area contributed by atoms with E-state index in [0.29, 0.717) is 22.5 Å². The highest BCUT2D eigenvalue weighted by Crippen LogP contribution is 2.36. The summed E-state index contributed by atoms with van der Waals surface area (Å²) in [6, 6.07) is 21.8. The number of benzene rings is 3. The molecule has 0 bridgehead atoms. The molecule has 0 amide bonds. The molecule has 0 aliphatic carbocycles. The van der Waals surface area contributed by atoms with Crippen LogP contribution in [0.2, 0.25) is 10.0 Å². The van der Waals surface area contributed by atoms with Crippen LogP contribution in [0.3, 0.4) is 0 Å². The van der Waals surface area contributed by atoms with E-state index in [1.165, 1.54) is 12.1 Å². The van der Waals surface area contributed by atoms with Crippen molar-refractivity contribution in [3.8, 4) is 0 Å². The lowest BCUT2D eigenvalue weighted by molar-refractivity contribution is 0.570. The van der Waals surface area contributed by atoms with Crippen molar-refractivity contribution in [1.82, 2.24) is 10.6 Å². The normalized spacial score (nSPS) is 18.5. The number of hydrogen-bond donors (Lipinski definition) is 2. The lowest BCUT2D eigenvalue weighted by Crippen LogP contribution is -2.35. The van der Waals surface area contributed by atoms with E-state index >= 15 is 0 Å². The van der Waals surface area contributed by atoms with E-state index in [4.69, 9.17) is 28.2 Å². The number of nitrogens with zero attached hydrogens (tertiary/aromatic N) is 1. The van der Waals surface area contributed by atoms with Gasteiger partial charge in [0.1, 0.15) is 11.9 Å². The summed E-state index contributed by atoms with van der Waals surface area (Å²) >= 11 is 12.1. The number of rotatable bonds is 4. The van der Waals surface area contributed by atoms with Gasteiger partial charge in [-0.1, -0.05) is 59.6 Å². The minimum Gasteiger partial charge on any atom is -0.352 e. The Bertz CT molecular complexity index is 987. The highest BCUT2D eigenvalue weighted by molar-refractivity contribution is 6.30. The average Bonchev–Trinajstić information content (AvgIpc) is 3.12. The van der Waals surface area contributed by atoms with Gasteiger partial charge in [0.25, 0.3) is 0 Å². The predicted octanol–water partition coefficient (Wildman–Crippen LogP) is 5.66. The molecule has 0 saturated carbocycles. The van der Waals surface area contributed by atoms with E-state index in [1.807, 2.05) is 54.6 Å². The zero-order valence-corrected chi connectivity index (χ0v) is 16.4. The molecule has 2 atom stereocenters. The van der Waals surface area contributed by atoms with Crippen LogP contribution in [-0.2, 0) is 6.54 Å². The minimum atomic E-state index is -0.251. The van der Waals surface area contributed by atoms with Gasteiger partial charge in [-0.15, -0.1) is 0 Å². The van der Waals surface area contributed by atoms with Crippen LogP contribution in [0.15, 0.2) is 77.8 Å². The Labute approximate surface area is 173 Å². The van der Waals surface area contributed by atoms with Gasteiger partial charge in [-0.25, -0.2) is 9.38 Å². The van der Waals surface area contributed by atoms with Crippen molar-refractivity contribution in [3.05, 3.63) is 105 Å². The topological polar surface area (TPSA) is 36.4 Å². The third-order valence-corrected chi connectivity index (χ3v) is 5.17. The van der Waals surface area contributed by atoms with E-state index in [1.54, 1.807) is 6.07 Å². The van der Waals surface area contributed by atoms with Crippen molar-refractivity contribution in [1.29, 1.82) is 0 Å². The predicted molar refractivity (Wildman–Crippen MR) is 112 cm³/mol.